The number of carbonyl (C=O) groups excluding carboxylic acids is 4. The molecule has 0 aromatic heterocycles. The number of halogens is 1. The fourth-order valence-corrected chi connectivity index (χ4v) is 4.30. The molecule has 3 aromatic carbocycles. The Balaban J connectivity index is 1.65. The topological polar surface area (TPSA) is 105 Å². The van der Waals surface area contributed by atoms with Crippen molar-refractivity contribution in [3.63, 3.8) is 0 Å². The van der Waals surface area contributed by atoms with E-state index in [2.05, 4.69) is 5.32 Å². The van der Waals surface area contributed by atoms with Gasteiger partial charge in [-0.15, -0.1) is 0 Å². The van der Waals surface area contributed by atoms with Crippen molar-refractivity contribution in [3.05, 3.63) is 83.7 Å². The van der Waals surface area contributed by atoms with Gasteiger partial charge >= 0.3 is 0 Å². The van der Waals surface area contributed by atoms with Gasteiger partial charge in [-0.25, -0.2) is 4.39 Å². The molecule has 0 saturated heterocycles. The van der Waals surface area contributed by atoms with E-state index in [4.69, 9.17) is 9.47 Å². The van der Waals surface area contributed by atoms with Crippen LogP contribution in [-0.4, -0.2) is 54.7 Å². The molecule has 0 atom stereocenters. The monoisotopic (exact) mass is 533 g/mol. The summed E-state index contributed by atoms with van der Waals surface area (Å²) in [6.45, 7) is 2.59. The van der Waals surface area contributed by atoms with Crippen LogP contribution in [0.1, 0.15) is 29.8 Å². The van der Waals surface area contributed by atoms with E-state index < -0.39 is 41.4 Å². The van der Waals surface area contributed by atoms with Crippen LogP contribution in [0.4, 0.5) is 15.8 Å². The highest BCUT2D eigenvalue weighted by molar-refractivity contribution is 6.52. The van der Waals surface area contributed by atoms with Gasteiger partial charge < -0.3 is 19.7 Å². The van der Waals surface area contributed by atoms with Crippen molar-refractivity contribution >= 4 is 34.9 Å². The number of ketones is 1. The average molecular weight is 534 g/mol. The standard InChI is InChI=1S/C29H28FN3O6/c1-29(2,28(37)31-22-14-13-20(38-3)15-24(22)39-4)33(16-18-9-11-19(30)12-10-18)25(34)17-32-23-8-6-5-7-21(23)26(35)27(32)36/h5-15H,16-17H2,1-4H3,(H,31,37). The summed E-state index contributed by atoms with van der Waals surface area (Å²) >= 11 is 0. The molecule has 0 unspecified atom stereocenters. The molecule has 0 bridgehead atoms. The third kappa shape index (κ3) is 5.45. The largest absolute Gasteiger partial charge is 0.497 e. The van der Waals surface area contributed by atoms with Gasteiger partial charge in [-0.05, 0) is 55.8 Å². The lowest BCUT2D eigenvalue weighted by atomic mass is 9.99. The Bertz CT molecular complexity index is 1440. The fraction of sp³-hybridized carbons (Fsp3) is 0.241. The first-order valence-corrected chi connectivity index (χ1v) is 12.1. The SMILES string of the molecule is COc1ccc(NC(=O)C(C)(C)N(Cc2ccc(F)cc2)C(=O)CN2C(=O)C(=O)c3ccccc32)c(OC)c1. The Morgan fingerprint density at radius 3 is 2.33 bits per heavy atom. The van der Waals surface area contributed by atoms with Gasteiger partial charge in [0.05, 0.1) is 31.2 Å². The first kappa shape index (κ1) is 27.3. The molecule has 0 aliphatic carbocycles. The smallest absolute Gasteiger partial charge is 0.299 e. The number of rotatable bonds is 9. The van der Waals surface area contributed by atoms with Gasteiger partial charge in [0, 0.05) is 12.6 Å². The van der Waals surface area contributed by atoms with E-state index in [-0.39, 0.29) is 12.1 Å². The number of carbonyl (C=O) groups is 4. The molecule has 0 saturated carbocycles. The van der Waals surface area contributed by atoms with Gasteiger partial charge in [0.1, 0.15) is 29.4 Å². The molecule has 0 spiro atoms. The Labute approximate surface area is 225 Å². The maximum Gasteiger partial charge on any atom is 0.299 e. The van der Waals surface area contributed by atoms with Crippen LogP contribution in [0, 0.1) is 5.82 Å². The molecule has 0 radical (unpaired) electrons. The minimum absolute atomic E-state index is 0.0586. The average Bonchev–Trinajstić information content (AvgIpc) is 3.17. The summed E-state index contributed by atoms with van der Waals surface area (Å²) in [7, 11) is 2.96. The summed E-state index contributed by atoms with van der Waals surface area (Å²) in [5.74, 6) is -2.21. The van der Waals surface area contributed by atoms with Crippen LogP contribution in [0.2, 0.25) is 0 Å². The summed E-state index contributed by atoms with van der Waals surface area (Å²) in [5.41, 5.74) is 0.0105. The molecule has 202 valence electrons. The molecule has 39 heavy (non-hydrogen) atoms. The quantitative estimate of drug-likeness (QED) is 0.420. The zero-order chi connectivity index (χ0) is 28.3. The van der Waals surface area contributed by atoms with Gasteiger partial charge in [-0.3, -0.25) is 24.1 Å². The van der Waals surface area contributed by atoms with Gasteiger partial charge in [0.15, 0.2) is 0 Å². The lowest BCUT2D eigenvalue weighted by Crippen LogP contribution is -2.57. The molecular formula is C29H28FN3O6. The highest BCUT2D eigenvalue weighted by Crippen LogP contribution is 2.32. The summed E-state index contributed by atoms with van der Waals surface area (Å²) < 4.78 is 24.1. The normalized spacial score (nSPS) is 12.7. The van der Waals surface area contributed by atoms with E-state index in [1.54, 1.807) is 50.2 Å². The zero-order valence-electron chi connectivity index (χ0n) is 22.0. The van der Waals surface area contributed by atoms with E-state index >= 15 is 0 Å². The van der Waals surface area contributed by atoms with E-state index in [9.17, 15) is 23.6 Å². The number of fused-ring (bicyclic) bond motifs is 1. The summed E-state index contributed by atoms with van der Waals surface area (Å²) in [5, 5.41) is 2.80. The predicted molar refractivity (Wildman–Crippen MR) is 142 cm³/mol. The highest BCUT2D eigenvalue weighted by atomic mass is 19.1. The Hall–Kier alpha value is -4.73. The van der Waals surface area contributed by atoms with Crippen molar-refractivity contribution in [1.29, 1.82) is 0 Å². The van der Waals surface area contributed by atoms with Crippen LogP contribution in [-0.2, 0) is 20.9 Å². The molecule has 3 aromatic rings. The van der Waals surface area contributed by atoms with Gasteiger partial charge in [0.2, 0.25) is 11.8 Å². The predicted octanol–water partition coefficient (Wildman–Crippen LogP) is 3.82. The summed E-state index contributed by atoms with van der Waals surface area (Å²) in [6, 6.07) is 16.8. The number of amides is 3. The molecule has 0 fully saturated rings. The van der Waals surface area contributed by atoms with E-state index in [0.717, 1.165) is 4.90 Å². The maximum absolute atomic E-state index is 13.8. The molecule has 1 N–H and O–H groups in total. The van der Waals surface area contributed by atoms with E-state index in [1.807, 2.05) is 0 Å². The van der Waals surface area contributed by atoms with Crippen molar-refractivity contribution in [3.8, 4) is 11.5 Å². The molecule has 9 nitrogen and oxygen atoms in total. The third-order valence-corrected chi connectivity index (χ3v) is 6.61. The van der Waals surface area contributed by atoms with Gasteiger partial charge in [-0.1, -0.05) is 24.3 Å². The number of anilines is 2. The highest BCUT2D eigenvalue weighted by Gasteiger charge is 2.42. The molecule has 3 amide bonds. The first-order valence-electron chi connectivity index (χ1n) is 12.1. The maximum atomic E-state index is 13.8. The number of Topliss-reactive ketones (excluding diaryl/α,β-unsaturated/α-hetero) is 1. The van der Waals surface area contributed by atoms with Crippen molar-refractivity contribution in [2.45, 2.75) is 25.9 Å². The van der Waals surface area contributed by atoms with Gasteiger partial charge in [0.25, 0.3) is 11.7 Å². The summed E-state index contributed by atoms with van der Waals surface area (Å²) in [4.78, 5) is 55.0. The van der Waals surface area contributed by atoms with Gasteiger partial charge in [-0.2, -0.15) is 0 Å². The molecule has 1 aliphatic rings. The number of ether oxygens (including phenoxy) is 2. The van der Waals surface area contributed by atoms with Crippen LogP contribution in [0.15, 0.2) is 66.7 Å². The summed E-state index contributed by atoms with van der Waals surface area (Å²) in [6.07, 6.45) is 0. The molecule has 4 rings (SSSR count). The molecule has 1 aliphatic heterocycles. The molecule has 10 heteroatoms. The van der Waals surface area contributed by atoms with Crippen LogP contribution in [0.25, 0.3) is 0 Å². The van der Waals surface area contributed by atoms with Crippen LogP contribution in [0.3, 0.4) is 0 Å². The first-order chi connectivity index (χ1) is 18.6. The minimum Gasteiger partial charge on any atom is -0.497 e. The number of methoxy groups -OCH3 is 2. The van der Waals surface area contributed by atoms with Crippen molar-refractivity contribution in [2.24, 2.45) is 0 Å². The van der Waals surface area contributed by atoms with E-state index in [1.165, 1.54) is 49.5 Å². The van der Waals surface area contributed by atoms with Crippen LogP contribution >= 0.6 is 0 Å². The van der Waals surface area contributed by atoms with Crippen LogP contribution in [0.5, 0.6) is 11.5 Å². The Morgan fingerprint density at radius 1 is 0.974 bits per heavy atom. The third-order valence-electron chi connectivity index (χ3n) is 6.61. The van der Waals surface area contributed by atoms with E-state index in [0.29, 0.717) is 28.4 Å². The van der Waals surface area contributed by atoms with Crippen LogP contribution < -0.4 is 19.7 Å². The zero-order valence-corrected chi connectivity index (χ0v) is 22.0. The molecular weight excluding hydrogens is 505 g/mol. The lowest BCUT2D eigenvalue weighted by molar-refractivity contribution is -0.143. The second-order valence-electron chi connectivity index (χ2n) is 9.42. The fourth-order valence-electron chi connectivity index (χ4n) is 4.30. The second-order valence-corrected chi connectivity index (χ2v) is 9.42. The van der Waals surface area contributed by atoms with Crippen molar-refractivity contribution < 1.29 is 33.0 Å². The lowest BCUT2D eigenvalue weighted by Gasteiger charge is -2.38. The Morgan fingerprint density at radius 2 is 1.67 bits per heavy atom. The number of nitrogens with zero attached hydrogens (tertiary/aromatic N) is 2. The number of para-hydroxylation sites is 1. The molecule has 1 heterocycles. The van der Waals surface area contributed by atoms with Crippen molar-refractivity contribution in [1.82, 2.24) is 4.90 Å². The number of benzene rings is 3. The number of nitrogens with one attached hydrogen (secondary N) is 1. The Kier molecular flexibility index (Phi) is 7.66. The number of hydrogen-bond donors (Lipinski definition) is 1. The van der Waals surface area contributed by atoms with Crippen molar-refractivity contribution in [2.75, 3.05) is 31.0 Å². The second kappa shape index (κ2) is 10.9. The minimum atomic E-state index is -1.46. The number of hydrogen-bond acceptors (Lipinski definition) is 6.